The Morgan fingerprint density at radius 1 is 1.30 bits per heavy atom. The summed E-state index contributed by atoms with van der Waals surface area (Å²) >= 11 is 0. The zero-order valence-corrected chi connectivity index (χ0v) is 17.1. The Kier molecular flexibility index (Phi) is 6.65. The standard InChI is InChI=1S/C20H26N6O4/c1-14(27)22-17(13-16-5-4-10-24(16)2)20(28)23-15-7-11-25(12-8-15)19-18(26(29)30)6-3-9-21-19/h3-6,9-10,15,17H,7-8,11-13H2,1-2H3,(H,22,27)(H,23,28)/p+1/t17-/m1/s1. The van der Waals surface area contributed by atoms with Crippen LogP contribution >= 0.6 is 0 Å². The van der Waals surface area contributed by atoms with Crippen LogP contribution < -0.4 is 20.5 Å². The molecule has 160 valence electrons. The Morgan fingerprint density at radius 3 is 2.63 bits per heavy atom. The van der Waals surface area contributed by atoms with Gasteiger partial charge in [0.25, 0.3) is 0 Å². The molecule has 3 N–H and O–H groups in total. The average Bonchev–Trinajstić information content (AvgIpc) is 3.12. The van der Waals surface area contributed by atoms with Gasteiger partial charge in [-0.05, 0) is 18.2 Å². The van der Waals surface area contributed by atoms with Crippen molar-refractivity contribution in [1.29, 1.82) is 0 Å². The van der Waals surface area contributed by atoms with E-state index in [0.717, 1.165) is 5.69 Å². The number of piperidine rings is 1. The number of carbonyl (C=O) groups excluding carboxylic acids is 2. The molecule has 1 aliphatic rings. The van der Waals surface area contributed by atoms with Crippen molar-refractivity contribution in [3.63, 3.8) is 0 Å². The van der Waals surface area contributed by atoms with Gasteiger partial charge in [0, 0.05) is 57.2 Å². The molecule has 0 bridgehead atoms. The van der Waals surface area contributed by atoms with E-state index in [1.807, 2.05) is 34.8 Å². The molecule has 1 saturated heterocycles. The number of hydrogen-bond donors (Lipinski definition) is 2. The lowest BCUT2D eigenvalue weighted by Crippen LogP contribution is -2.53. The number of H-pyrrole nitrogens is 1. The molecule has 30 heavy (non-hydrogen) atoms. The van der Waals surface area contributed by atoms with Crippen LogP contribution in [0, 0.1) is 10.1 Å². The van der Waals surface area contributed by atoms with Gasteiger partial charge in [-0.3, -0.25) is 24.6 Å². The minimum absolute atomic E-state index is 0.0354. The zero-order valence-electron chi connectivity index (χ0n) is 17.1. The molecule has 10 heteroatoms. The lowest BCUT2D eigenvalue weighted by atomic mass is 10.0. The third-order valence-corrected chi connectivity index (χ3v) is 5.33. The molecule has 1 atom stereocenters. The maximum atomic E-state index is 12.8. The average molecular weight is 415 g/mol. The molecule has 0 aliphatic carbocycles. The first-order valence-electron chi connectivity index (χ1n) is 9.93. The number of aryl methyl sites for hydroxylation is 1. The van der Waals surface area contributed by atoms with Crippen molar-refractivity contribution in [2.45, 2.75) is 38.3 Å². The topological polar surface area (TPSA) is 124 Å². The summed E-state index contributed by atoms with van der Waals surface area (Å²) < 4.78 is 1.92. The molecule has 10 nitrogen and oxygen atoms in total. The summed E-state index contributed by atoms with van der Waals surface area (Å²) in [6, 6.07) is 6.18. The second kappa shape index (κ2) is 9.38. The Hall–Kier alpha value is -3.43. The molecular weight excluding hydrogens is 388 g/mol. The predicted molar refractivity (Wildman–Crippen MR) is 110 cm³/mol. The summed E-state index contributed by atoms with van der Waals surface area (Å²) in [6.07, 6.45) is 5.27. The van der Waals surface area contributed by atoms with Crippen molar-refractivity contribution < 1.29 is 19.5 Å². The molecule has 3 heterocycles. The van der Waals surface area contributed by atoms with Gasteiger partial charge >= 0.3 is 11.5 Å². The van der Waals surface area contributed by atoms with Crippen molar-refractivity contribution in [1.82, 2.24) is 15.2 Å². The summed E-state index contributed by atoms with van der Waals surface area (Å²) in [6.45, 7) is 2.55. The SMILES string of the molecule is CC(=O)N[C@H](Cc1cccn1C)C(=O)NC1CCN(c2[nH+]cccc2[N+](=O)[O-])CC1. The van der Waals surface area contributed by atoms with Gasteiger partial charge in [0.1, 0.15) is 6.04 Å². The van der Waals surface area contributed by atoms with Crippen LogP contribution in [0.2, 0.25) is 0 Å². The zero-order chi connectivity index (χ0) is 21.7. The largest absolute Gasteiger partial charge is 0.357 e. The van der Waals surface area contributed by atoms with Crippen molar-refractivity contribution in [2.24, 2.45) is 7.05 Å². The monoisotopic (exact) mass is 415 g/mol. The normalized spacial score (nSPS) is 15.5. The fourth-order valence-corrected chi connectivity index (χ4v) is 3.74. The van der Waals surface area contributed by atoms with Gasteiger partial charge in [-0.1, -0.05) is 0 Å². The van der Waals surface area contributed by atoms with E-state index in [9.17, 15) is 19.7 Å². The Morgan fingerprint density at radius 2 is 2.03 bits per heavy atom. The van der Waals surface area contributed by atoms with Crippen LogP contribution in [-0.2, 0) is 23.1 Å². The van der Waals surface area contributed by atoms with Gasteiger partial charge in [0.15, 0.2) is 0 Å². The highest BCUT2D eigenvalue weighted by Crippen LogP contribution is 2.25. The first-order chi connectivity index (χ1) is 14.3. The molecule has 0 spiro atoms. The smallest absolute Gasteiger partial charge is 0.354 e. The molecule has 0 aromatic carbocycles. The van der Waals surface area contributed by atoms with Crippen LogP contribution in [0.3, 0.4) is 0 Å². The van der Waals surface area contributed by atoms with Crippen LogP contribution in [-0.4, -0.2) is 46.5 Å². The second-order valence-electron chi connectivity index (χ2n) is 7.50. The molecular formula is C20H27N6O4+. The quantitative estimate of drug-likeness (QED) is 0.506. The van der Waals surface area contributed by atoms with Crippen LogP contribution in [0.15, 0.2) is 36.7 Å². The fraction of sp³-hybridized carbons (Fsp3) is 0.450. The van der Waals surface area contributed by atoms with E-state index in [1.165, 1.54) is 13.0 Å². The summed E-state index contributed by atoms with van der Waals surface area (Å²) in [5, 5.41) is 17.0. The van der Waals surface area contributed by atoms with Crippen molar-refractivity contribution >= 4 is 23.3 Å². The Labute approximate surface area is 174 Å². The lowest BCUT2D eigenvalue weighted by Gasteiger charge is -2.29. The number of pyridine rings is 1. The number of anilines is 1. The number of carbonyl (C=O) groups is 2. The molecule has 0 radical (unpaired) electrons. The number of aromatic amines is 1. The number of nitro groups is 1. The highest BCUT2D eigenvalue weighted by molar-refractivity contribution is 5.87. The minimum Gasteiger partial charge on any atom is -0.354 e. The molecule has 1 fully saturated rings. The fourth-order valence-electron chi connectivity index (χ4n) is 3.74. The van der Waals surface area contributed by atoms with E-state index in [4.69, 9.17) is 0 Å². The third-order valence-electron chi connectivity index (χ3n) is 5.33. The van der Waals surface area contributed by atoms with Crippen LogP contribution in [0.4, 0.5) is 11.5 Å². The maximum absolute atomic E-state index is 12.8. The Bertz CT molecular complexity index is 920. The van der Waals surface area contributed by atoms with Gasteiger partial charge in [-0.15, -0.1) is 0 Å². The van der Waals surface area contributed by atoms with E-state index in [-0.39, 0.29) is 23.5 Å². The van der Waals surface area contributed by atoms with Crippen molar-refractivity contribution in [3.8, 4) is 0 Å². The maximum Gasteiger partial charge on any atom is 0.357 e. The number of aromatic nitrogens is 2. The van der Waals surface area contributed by atoms with Gasteiger partial charge in [0.05, 0.1) is 24.2 Å². The highest BCUT2D eigenvalue weighted by Gasteiger charge is 2.33. The molecule has 2 aromatic heterocycles. The third kappa shape index (κ3) is 5.13. The van der Waals surface area contributed by atoms with Gasteiger partial charge in [0.2, 0.25) is 11.8 Å². The summed E-state index contributed by atoms with van der Waals surface area (Å²) in [5.41, 5.74) is 0.985. The van der Waals surface area contributed by atoms with Gasteiger partial charge in [-0.25, -0.2) is 4.98 Å². The summed E-state index contributed by atoms with van der Waals surface area (Å²) in [4.78, 5) is 40.2. The number of rotatable bonds is 7. The van der Waals surface area contributed by atoms with E-state index >= 15 is 0 Å². The first-order valence-corrected chi connectivity index (χ1v) is 9.93. The summed E-state index contributed by atoms with van der Waals surface area (Å²) in [7, 11) is 1.90. The molecule has 2 aromatic rings. The number of nitrogens with zero attached hydrogens (tertiary/aromatic N) is 3. The van der Waals surface area contributed by atoms with Gasteiger partial charge < -0.3 is 15.2 Å². The van der Waals surface area contributed by atoms with E-state index in [2.05, 4.69) is 15.6 Å². The van der Waals surface area contributed by atoms with Crippen LogP contribution in [0.1, 0.15) is 25.5 Å². The number of amides is 2. The molecule has 3 rings (SSSR count). The molecule has 1 aliphatic heterocycles. The van der Waals surface area contributed by atoms with E-state index < -0.39 is 11.0 Å². The first kappa shape index (κ1) is 21.3. The lowest BCUT2D eigenvalue weighted by molar-refractivity contribution is -0.411. The van der Waals surface area contributed by atoms with Crippen LogP contribution in [0.5, 0.6) is 0 Å². The van der Waals surface area contributed by atoms with Crippen LogP contribution in [0.25, 0.3) is 0 Å². The second-order valence-corrected chi connectivity index (χ2v) is 7.50. The van der Waals surface area contributed by atoms with E-state index in [1.54, 1.807) is 12.3 Å². The number of nitrogens with one attached hydrogen (secondary N) is 3. The van der Waals surface area contributed by atoms with E-state index in [0.29, 0.717) is 38.2 Å². The number of hydrogen-bond acceptors (Lipinski definition) is 5. The minimum atomic E-state index is -0.655. The van der Waals surface area contributed by atoms with Crippen molar-refractivity contribution in [3.05, 3.63) is 52.5 Å². The van der Waals surface area contributed by atoms with Crippen molar-refractivity contribution in [2.75, 3.05) is 18.0 Å². The predicted octanol–water partition coefficient (Wildman–Crippen LogP) is 0.580. The van der Waals surface area contributed by atoms with Gasteiger partial charge in [-0.2, -0.15) is 0 Å². The molecule has 0 saturated carbocycles. The molecule has 2 amide bonds. The highest BCUT2D eigenvalue weighted by atomic mass is 16.6. The molecule has 0 unspecified atom stereocenters. The summed E-state index contributed by atoms with van der Waals surface area (Å²) in [5.74, 6) is 0.000291. The Balaban J connectivity index is 1.60.